The first kappa shape index (κ1) is 18.0. The molecular weight excluding hydrogens is 375 g/mol. The zero-order chi connectivity index (χ0) is 18.2. The van der Waals surface area contributed by atoms with Crippen LogP contribution in [0, 0.1) is 17.1 Å². The lowest BCUT2D eigenvalue weighted by atomic mass is 10.0. The van der Waals surface area contributed by atoms with Gasteiger partial charge in [-0.05, 0) is 18.2 Å². The monoisotopic (exact) mass is 378 g/mol. The predicted molar refractivity (Wildman–Crippen MR) is 76.3 cm³/mol. The van der Waals surface area contributed by atoms with Gasteiger partial charge >= 0.3 is 12.1 Å². The first-order chi connectivity index (χ1) is 11.1. The van der Waals surface area contributed by atoms with E-state index in [4.69, 9.17) is 33.6 Å². The van der Waals surface area contributed by atoms with Crippen LogP contribution in [0.4, 0.5) is 17.6 Å². The van der Waals surface area contributed by atoms with Crippen molar-refractivity contribution in [2.75, 3.05) is 0 Å². The summed E-state index contributed by atoms with van der Waals surface area (Å²) in [5.41, 5.74) is -3.81. The normalized spacial score (nSPS) is 11.2. The van der Waals surface area contributed by atoms with Gasteiger partial charge in [0.25, 0.3) is 0 Å². The third kappa shape index (κ3) is 3.27. The van der Waals surface area contributed by atoms with Crippen LogP contribution in [0.15, 0.2) is 18.2 Å². The number of aromatic carboxylic acids is 1. The van der Waals surface area contributed by atoms with E-state index in [9.17, 15) is 22.4 Å². The van der Waals surface area contributed by atoms with E-state index in [-0.39, 0.29) is 5.56 Å². The van der Waals surface area contributed by atoms with Crippen molar-refractivity contribution in [3.05, 3.63) is 50.9 Å². The molecule has 0 bridgehead atoms. The Labute approximate surface area is 141 Å². The fourth-order valence-corrected chi connectivity index (χ4v) is 2.36. The van der Waals surface area contributed by atoms with Crippen molar-refractivity contribution in [3.8, 4) is 17.3 Å². The molecule has 0 saturated carbocycles. The molecule has 0 radical (unpaired) electrons. The van der Waals surface area contributed by atoms with Gasteiger partial charge in [-0.25, -0.2) is 14.2 Å². The highest BCUT2D eigenvalue weighted by atomic mass is 35.5. The molecule has 10 heteroatoms. The van der Waals surface area contributed by atoms with Crippen molar-refractivity contribution in [3.63, 3.8) is 0 Å². The molecule has 0 atom stereocenters. The van der Waals surface area contributed by atoms with Gasteiger partial charge in [-0.15, -0.1) is 0 Å². The van der Waals surface area contributed by atoms with Crippen LogP contribution in [-0.4, -0.2) is 16.1 Å². The Morgan fingerprint density at radius 3 is 2.33 bits per heavy atom. The van der Waals surface area contributed by atoms with Gasteiger partial charge < -0.3 is 5.11 Å². The highest BCUT2D eigenvalue weighted by molar-refractivity contribution is 6.34. The maximum absolute atomic E-state index is 14.0. The van der Waals surface area contributed by atoms with Crippen LogP contribution in [0.25, 0.3) is 11.3 Å². The average molecular weight is 379 g/mol. The van der Waals surface area contributed by atoms with Gasteiger partial charge in [0, 0.05) is 5.56 Å². The summed E-state index contributed by atoms with van der Waals surface area (Å²) in [6.45, 7) is 0. The molecule has 24 heavy (non-hydrogen) atoms. The standard InChI is InChI=1S/C14H4Cl2F4N2O2/c15-8-2-7(14(18,19)20)5(4-21)1-6(8)11-10(17)3-9(16)12(22-11)13(23)24/h1-3H,(H,23,24). The molecule has 2 aromatic rings. The van der Waals surface area contributed by atoms with Gasteiger partial charge in [0.1, 0.15) is 5.69 Å². The van der Waals surface area contributed by atoms with E-state index in [0.29, 0.717) is 18.2 Å². The lowest BCUT2D eigenvalue weighted by Crippen LogP contribution is -2.09. The Morgan fingerprint density at radius 2 is 1.83 bits per heavy atom. The number of aromatic nitrogens is 1. The van der Waals surface area contributed by atoms with Gasteiger partial charge in [0.2, 0.25) is 0 Å². The van der Waals surface area contributed by atoms with E-state index in [0.717, 1.165) is 0 Å². The van der Waals surface area contributed by atoms with Crippen molar-refractivity contribution in [2.24, 2.45) is 0 Å². The molecule has 1 aromatic heterocycles. The van der Waals surface area contributed by atoms with Gasteiger partial charge in [-0.3, -0.25) is 0 Å². The molecule has 0 amide bonds. The minimum absolute atomic E-state index is 0.363. The summed E-state index contributed by atoms with van der Waals surface area (Å²) in [6.07, 6.45) is -4.84. The number of carboxylic acids is 1. The molecule has 4 nitrogen and oxygen atoms in total. The topological polar surface area (TPSA) is 74.0 Å². The second-order valence-electron chi connectivity index (χ2n) is 4.44. The molecule has 124 valence electrons. The van der Waals surface area contributed by atoms with Crippen LogP contribution in [-0.2, 0) is 6.18 Å². The first-order valence-corrected chi connectivity index (χ1v) is 6.72. The van der Waals surface area contributed by atoms with E-state index >= 15 is 0 Å². The van der Waals surface area contributed by atoms with Crippen molar-refractivity contribution in [1.82, 2.24) is 4.98 Å². The number of alkyl halides is 3. The Hall–Kier alpha value is -2.37. The molecule has 0 saturated heterocycles. The third-order valence-corrected chi connectivity index (χ3v) is 3.52. The van der Waals surface area contributed by atoms with Gasteiger partial charge in [-0.1, -0.05) is 23.2 Å². The maximum Gasteiger partial charge on any atom is 0.417 e. The summed E-state index contributed by atoms with van der Waals surface area (Å²) in [4.78, 5) is 14.5. The molecule has 2 rings (SSSR count). The van der Waals surface area contributed by atoms with Crippen molar-refractivity contribution in [2.45, 2.75) is 6.18 Å². The number of hydrogen-bond donors (Lipinski definition) is 1. The minimum Gasteiger partial charge on any atom is -0.476 e. The number of rotatable bonds is 2. The second kappa shape index (κ2) is 6.26. The van der Waals surface area contributed by atoms with Crippen LogP contribution in [0.2, 0.25) is 10.0 Å². The van der Waals surface area contributed by atoms with E-state index in [1.165, 1.54) is 6.07 Å². The number of halogens is 6. The van der Waals surface area contributed by atoms with Crippen LogP contribution >= 0.6 is 23.2 Å². The molecule has 1 aromatic carbocycles. The summed E-state index contributed by atoms with van der Waals surface area (Å²) < 4.78 is 52.6. The van der Waals surface area contributed by atoms with Crippen LogP contribution in [0.3, 0.4) is 0 Å². The fourth-order valence-electron chi connectivity index (χ4n) is 1.89. The second-order valence-corrected chi connectivity index (χ2v) is 5.26. The lowest BCUT2D eigenvalue weighted by molar-refractivity contribution is -0.137. The number of hydrogen-bond acceptors (Lipinski definition) is 3. The van der Waals surface area contributed by atoms with Gasteiger partial charge in [0.05, 0.1) is 27.2 Å². The Morgan fingerprint density at radius 1 is 1.21 bits per heavy atom. The van der Waals surface area contributed by atoms with Gasteiger partial charge in [-0.2, -0.15) is 18.4 Å². The van der Waals surface area contributed by atoms with E-state index in [1.807, 2.05) is 0 Å². The maximum atomic E-state index is 14.0. The summed E-state index contributed by atoms with van der Waals surface area (Å²) in [7, 11) is 0. The van der Waals surface area contributed by atoms with Crippen LogP contribution < -0.4 is 0 Å². The summed E-state index contributed by atoms with van der Waals surface area (Å²) >= 11 is 11.3. The molecule has 0 aliphatic rings. The molecule has 0 spiro atoms. The average Bonchev–Trinajstić information content (AvgIpc) is 2.46. The summed E-state index contributed by atoms with van der Waals surface area (Å²) in [5, 5.41) is 16.8. The highest BCUT2D eigenvalue weighted by Gasteiger charge is 2.35. The fraction of sp³-hybridized carbons (Fsp3) is 0.0714. The molecular formula is C14H4Cl2F4N2O2. The SMILES string of the molecule is N#Cc1cc(-c2nc(C(=O)O)c(Cl)cc2F)c(Cl)cc1C(F)(F)F. The van der Waals surface area contributed by atoms with Crippen LogP contribution in [0.1, 0.15) is 21.6 Å². The lowest BCUT2D eigenvalue weighted by Gasteiger charge is -2.13. The highest BCUT2D eigenvalue weighted by Crippen LogP contribution is 2.38. The van der Waals surface area contributed by atoms with Crippen molar-refractivity contribution >= 4 is 29.2 Å². The Balaban J connectivity index is 2.77. The van der Waals surface area contributed by atoms with E-state index in [2.05, 4.69) is 4.98 Å². The molecule has 1 heterocycles. The number of carboxylic acid groups (broad SMARTS) is 1. The minimum atomic E-state index is -4.84. The molecule has 0 unspecified atom stereocenters. The number of benzene rings is 1. The van der Waals surface area contributed by atoms with E-state index < -0.39 is 50.5 Å². The Bertz CT molecular complexity index is 892. The quantitative estimate of drug-likeness (QED) is 0.762. The molecule has 0 fully saturated rings. The summed E-state index contributed by atoms with van der Waals surface area (Å²) in [5.74, 6) is -2.67. The third-order valence-electron chi connectivity index (χ3n) is 2.92. The zero-order valence-electron chi connectivity index (χ0n) is 11.2. The summed E-state index contributed by atoms with van der Waals surface area (Å²) in [6, 6.07) is 3.12. The zero-order valence-corrected chi connectivity index (χ0v) is 12.8. The molecule has 0 aliphatic heterocycles. The smallest absolute Gasteiger partial charge is 0.417 e. The van der Waals surface area contributed by atoms with Crippen molar-refractivity contribution in [1.29, 1.82) is 5.26 Å². The number of nitriles is 1. The van der Waals surface area contributed by atoms with Gasteiger partial charge in [0.15, 0.2) is 11.5 Å². The largest absolute Gasteiger partial charge is 0.476 e. The number of pyridine rings is 1. The van der Waals surface area contributed by atoms with Crippen LogP contribution in [0.5, 0.6) is 0 Å². The first-order valence-electron chi connectivity index (χ1n) is 5.96. The Kier molecular flexibility index (Phi) is 4.69. The predicted octanol–water partition coefficient (Wildman–Crippen LogP) is 4.78. The number of nitrogens with zero attached hydrogens (tertiary/aromatic N) is 2. The molecule has 1 N–H and O–H groups in total. The molecule has 0 aliphatic carbocycles. The van der Waals surface area contributed by atoms with Crippen molar-refractivity contribution < 1.29 is 27.5 Å². The van der Waals surface area contributed by atoms with E-state index in [1.54, 1.807) is 0 Å². The number of carbonyl (C=O) groups is 1.